The summed E-state index contributed by atoms with van der Waals surface area (Å²) in [5.41, 5.74) is 4.94. The lowest BCUT2D eigenvalue weighted by Crippen LogP contribution is -2.39. The van der Waals surface area contributed by atoms with E-state index in [9.17, 15) is 14.5 Å². The van der Waals surface area contributed by atoms with Crippen molar-refractivity contribution < 1.29 is 9.31 Å². The van der Waals surface area contributed by atoms with Crippen LogP contribution < -0.4 is 11.1 Å². The lowest BCUT2D eigenvalue weighted by Gasteiger charge is -2.25. The summed E-state index contributed by atoms with van der Waals surface area (Å²) in [7, 11) is 0. The second-order valence-electron chi connectivity index (χ2n) is 4.25. The van der Waals surface area contributed by atoms with Gasteiger partial charge in [-0.05, 0) is 35.8 Å². The van der Waals surface area contributed by atoms with Crippen molar-refractivity contribution in [2.24, 2.45) is 5.73 Å². The molecule has 3 N–H and O–H groups in total. The van der Waals surface area contributed by atoms with Gasteiger partial charge in [-0.1, -0.05) is 0 Å². The summed E-state index contributed by atoms with van der Waals surface area (Å²) in [6.07, 6.45) is 0. The molecule has 0 atom stereocenters. The molecule has 17 heavy (non-hydrogen) atoms. The van der Waals surface area contributed by atoms with Crippen molar-refractivity contribution in [3.8, 4) is 0 Å². The topological polar surface area (TPSA) is 81.2 Å². The fourth-order valence-corrected chi connectivity index (χ4v) is 1.55. The van der Waals surface area contributed by atoms with E-state index in [0.29, 0.717) is 6.54 Å². The van der Waals surface area contributed by atoms with Crippen LogP contribution in [0.4, 0.5) is 15.8 Å². The number of nitro benzene ring substituents is 1. The summed E-state index contributed by atoms with van der Waals surface area (Å²) < 4.78 is 13.4. The van der Waals surface area contributed by atoms with E-state index in [1.165, 1.54) is 6.07 Å². The molecule has 0 saturated heterocycles. The first-order valence-electron chi connectivity index (χ1n) is 4.88. The van der Waals surface area contributed by atoms with Crippen molar-refractivity contribution in [1.82, 2.24) is 0 Å². The number of nitrogens with one attached hydrogen (secondary N) is 1. The molecule has 0 amide bonds. The van der Waals surface area contributed by atoms with E-state index < -0.39 is 16.3 Å². The zero-order valence-corrected chi connectivity index (χ0v) is 11.0. The Balaban J connectivity index is 3.22. The van der Waals surface area contributed by atoms with Gasteiger partial charge in [0.2, 0.25) is 0 Å². The molecule has 1 rings (SSSR count). The van der Waals surface area contributed by atoms with Gasteiger partial charge in [-0.15, -0.1) is 0 Å². The highest BCUT2D eigenvalue weighted by Crippen LogP contribution is 2.32. The average Bonchev–Trinajstić information content (AvgIpc) is 2.22. The van der Waals surface area contributed by atoms with E-state index in [4.69, 9.17) is 5.73 Å². The fraction of sp³-hybridized carbons (Fsp3) is 0.400. The van der Waals surface area contributed by atoms with Crippen LogP contribution in [0.1, 0.15) is 13.8 Å². The standard InChI is InChI=1S/C10H13BrFN3O2/c1-10(2,5-13)14-8-3-6(11)7(12)4-9(8)15(16)17/h3-4,14H,5,13H2,1-2H3. The van der Waals surface area contributed by atoms with Gasteiger partial charge in [0.15, 0.2) is 0 Å². The molecule has 7 heteroatoms. The summed E-state index contributed by atoms with van der Waals surface area (Å²) in [4.78, 5) is 10.2. The molecule has 0 aliphatic rings. The van der Waals surface area contributed by atoms with Crippen LogP contribution >= 0.6 is 15.9 Å². The first-order valence-corrected chi connectivity index (χ1v) is 5.68. The quantitative estimate of drug-likeness (QED) is 0.662. The molecule has 0 radical (unpaired) electrons. The molecule has 1 aromatic rings. The SMILES string of the molecule is CC(C)(CN)Nc1cc(Br)c(F)cc1[N+](=O)[O-]. The Morgan fingerprint density at radius 1 is 1.59 bits per heavy atom. The molecule has 0 bridgehead atoms. The molecule has 0 fully saturated rings. The number of nitro groups is 1. The smallest absolute Gasteiger partial charge is 0.295 e. The van der Waals surface area contributed by atoms with Crippen LogP contribution in [-0.2, 0) is 0 Å². The van der Waals surface area contributed by atoms with Gasteiger partial charge in [0.05, 0.1) is 15.5 Å². The first kappa shape index (κ1) is 13.9. The molecule has 1 aromatic carbocycles. The Labute approximate surface area is 106 Å². The maximum Gasteiger partial charge on any atom is 0.295 e. The minimum Gasteiger partial charge on any atom is -0.373 e. The molecule has 0 heterocycles. The van der Waals surface area contributed by atoms with Gasteiger partial charge < -0.3 is 11.1 Å². The van der Waals surface area contributed by atoms with Crippen molar-refractivity contribution in [3.05, 3.63) is 32.5 Å². The summed E-state index contributed by atoms with van der Waals surface area (Å²) >= 11 is 2.99. The van der Waals surface area contributed by atoms with Gasteiger partial charge >= 0.3 is 0 Å². The first-order chi connectivity index (χ1) is 7.76. The molecular weight excluding hydrogens is 293 g/mol. The number of nitrogens with zero attached hydrogens (tertiary/aromatic N) is 1. The maximum absolute atomic E-state index is 13.2. The molecule has 0 aliphatic carbocycles. The number of hydrogen-bond acceptors (Lipinski definition) is 4. The molecule has 0 aromatic heterocycles. The second kappa shape index (κ2) is 4.97. The molecule has 0 unspecified atom stereocenters. The Morgan fingerprint density at radius 3 is 2.65 bits per heavy atom. The second-order valence-corrected chi connectivity index (χ2v) is 5.11. The third kappa shape index (κ3) is 3.37. The van der Waals surface area contributed by atoms with Crippen molar-refractivity contribution >= 4 is 27.3 Å². The third-order valence-corrected chi connectivity index (χ3v) is 2.83. The highest BCUT2D eigenvalue weighted by Gasteiger charge is 2.23. The van der Waals surface area contributed by atoms with Crippen molar-refractivity contribution in [2.75, 3.05) is 11.9 Å². The van der Waals surface area contributed by atoms with E-state index in [0.717, 1.165) is 6.07 Å². The Hall–Kier alpha value is -1.21. The largest absolute Gasteiger partial charge is 0.373 e. The minimum atomic E-state index is -0.673. The molecule has 0 saturated carbocycles. The van der Waals surface area contributed by atoms with E-state index in [2.05, 4.69) is 21.2 Å². The van der Waals surface area contributed by atoms with Crippen LogP contribution in [-0.4, -0.2) is 17.0 Å². The highest BCUT2D eigenvalue weighted by atomic mass is 79.9. The van der Waals surface area contributed by atoms with E-state index in [1.54, 1.807) is 13.8 Å². The van der Waals surface area contributed by atoms with Crippen molar-refractivity contribution in [3.63, 3.8) is 0 Å². The Kier molecular flexibility index (Phi) is 4.05. The number of rotatable bonds is 4. The number of benzene rings is 1. The predicted molar refractivity (Wildman–Crippen MR) is 67.5 cm³/mol. The summed E-state index contributed by atoms with van der Waals surface area (Å²) in [5.74, 6) is -0.673. The fourth-order valence-electron chi connectivity index (χ4n) is 1.20. The van der Waals surface area contributed by atoms with Crippen LogP contribution in [0.25, 0.3) is 0 Å². The Bertz CT molecular complexity index is 451. The van der Waals surface area contributed by atoms with Crippen molar-refractivity contribution in [2.45, 2.75) is 19.4 Å². The van der Waals surface area contributed by atoms with Gasteiger partial charge in [0.1, 0.15) is 11.5 Å². The number of hydrogen-bond donors (Lipinski definition) is 2. The van der Waals surface area contributed by atoms with Crippen LogP contribution in [0.15, 0.2) is 16.6 Å². The minimum absolute atomic E-state index is 0.165. The highest BCUT2D eigenvalue weighted by molar-refractivity contribution is 9.10. The summed E-state index contributed by atoms with van der Waals surface area (Å²) in [5, 5.41) is 13.7. The molecular formula is C10H13BrFN3O2. The predicted octanol–water partition coefficient (Wildman–Crippen LogP) is 2.65. The van der Waals surface area contributed by atoms with Crippen LogP contribution in [0.2, 0.25) is 0 Å². The monoisotopic (exact) mass is 305 g/mol. The van der Waals surface area contributed by atoms with Gasteiger partial charge in [-0.2, -0.15) is 0 Å². The average molecular weight is 306 g/mol. The normalized spacial score (nSPS) is 11.4. The van der Waals surface area contributed by atoms with Crippen LogP contribution in [0.3, 0.4) is 0 Å². The van der Waals surface area contributed by atoms with Crippen LogP contribution in [0.5, 0.6) is 0 Å². The lowest BCUT2D eigenvalue weighted by molar-refractivity contribution is -0.384. The number of anilines is 1. The molecule has 0 aliphatic heterocycles. The third-order valence-electron chi connectivity index (χ3n) is 2.22. The Morgan fingerprint density at radius 2 is 2.18 bits per heavy atom. The molecule has 5 nitrogen and oxygen atoms in total. The van der Waals surface area contributed by atoms with Gasteiger partial charge in [-0.25, -0.2) is 4.39 Å². The van der Waals surface area contributed by atoms with Crippen molar-refractivity contribution in [1.29, 1.82) is 0 Å². The summed E-state index contributed by atoms with van der Waals surface area (Å²) in [6.45, 7) is 3.89. The van der Waals surface area contributed by atoms with Gasteiger partial charge in [-0.3, -0.25) is 10.1 Å². The van der Waals surface area contributed by atoms with Gasteiger partial charge in [0, 0.05) is 12.1 Å². The zero-order valence-electron chi connectivity index (χ0n) is 9.46. The molecule has 0 spiro atoms. The zero-order chi connectivity index (χ0) is 13.2. The number of nitrogens with two attached hydrogens (primary N) is 1. The van der Waals surface area contributed by atoms with E-state index in [-0.39, 0.29) is 15.8 Å². The van der Waals surface area contributed by atoms with E-state index in [1.807, 2.05) is 0 Å². The number of halogens is 2. The van der Waals surface area contributed by atoms with Gasteiger partial charge in [0.25, 0.3) is 5.69 Å². The summed E-state index contributed by atoms with van der Waals surface area (Å²) in [6, 6.07) is 2.21. The van der Waals surface area contributed by atoms with E-state index >= 15 is 0 Å². The van der Waals surface area contributed by atoms with Crippen LogP contribution in [0, 0.1) is 15.9 Å². The lowest BCUT2D eigenvalue weighted by atomic mass is 10.1. The molecule has 94 valence electrons. The maximum atomic E-state index is 13.2.